The number of allylic oxidation sites excluding steroid dienone is 1. The van der Waals surface area contributed by atoms with Gasteiger partial charge in [0.2, 0.25) is 0 Å². The zero-order valence-corrected chi connectivity index (χ0v) is 12.2. The molecule has 0 bridgehead atoms. The van der Waals surface area contributed by atoms with E-state index in [1.165, 1.54) is 12.1 Å². The molecular formula is C16H8Cl2N2O. The van der Waals surface area contributed by atoms with Gasteiger partial charge in [-0.05, 0) is 41.5 Å². The molecule has 2 aromatic carbocycles. The smallest absolute Gasteiger partial charge is 0.130 e. The first-order chi connectivity index (χ1) is 10.0. The van der Waals surface area contributed by atoms with E-state index in [1.807, 2.05) is 0 Å². The number of aromatic hydroxyl groups is 1. The highest BCUT2D eigenvalue weighted by Crippen LogP contribution is 2.31. The molecule has 0 unspecified atom stereocenters. The Kier molecular flexibility index (Phi) is 4.50. The maximum Gasteiger partial charge on any atom is 0.130 e. The molecule has 0 aromatic heterocycles. The standard InChI is InChI=1S/C16H8Cl2N2O/c17-14-4-13(5-15(18)7-14)11-1-2-12(16(21)6-11)3-10(8-19)9-20/h1-7,21H. The molecule has 0 aliphatic heterocycles. The van der Waals surface area contributed by atoms with Crippen LogP contribution in [-0.2, 0) is 0 Å². The summed E-state index contributed by atoms with van der Waals surface area (Å²) in [7, 11) is 0. The van der Waals surface area contributed by atoms with Gasteiger partial charge >= 0.3 is 0 Å². The molecule has 3 nitrogen and oxygen atoms in total. The van der Waals surface area contributed by atoms with Crippen molar-refractivity contribution in [3.05, 3.63) is 57.6 Å². The number of hydrogen-bond acceptors (Lipinski definition) is 3. The summed E-state index contributed by atoms with van der Waals surface area (Å²) >= 11 is 11.9. The van der Waals surface area contributed by atoms with Crippen LogP contribution in [-0.4, -0.2) is 5.11 Å². The summed E-state index contributed by atoms with van der Waals surface area (Å²) in [6.07, 6.45) is 1.32. The van der Waals surface area contributed by atoms with E-state index in [0.29, 0.717) is 15.6 Å². The Hall–Kier alpha value is -2.46. The molecule has 0 fully saturated rings. The van der Waals surface area contributed by atoms with Gasteiger partial charge in [0.05, 0.1) is 0 Å². The zero-order chi connectivity index (χ0) is 15.4. The number of halogens is 2. The van der Waals surface area contributed by atoms with Crippen LogP contribution in [0.4, 0.5) is 0 Å². The van der Waals surface area contributed by atoms with Gasteiger partial charge in [-0.25, -0.2) is 0 Å². The summed E-state index contributed by atoms with van der Waals surface area (Å²) in [5, 5.41) is 28.4. The van der Waals surface area contributed by atoms with E-state index >= 15 is 0 Å². The fourth-order valence-electron chi connectivity index (χ4n) is 1.81. The van der Waals surface area contributed by atoms with Crippen LogP contribution in [0.15, 0.2) is 42.0 Å². The van der Waals surface area contributed by atoms with Gasteiger partial charge in [-0.15, -0.1) is 0 Å². The molecule has 0 atom stereocenters. The molecule has 1 N–H and O–H groups in total. The lowest BCUT2D eigenvalue weighted by molar-refractivity contribution is 0.474. The van der Waals surface area contributed by atoms with Crippen LogP contribution in [0.25, 0.3) is 17.2 Å². The number of hydrogen-bond donors (Lipinski definition) is 1. The lowest BCUT2D eigenvalue weighted by Crippen LogP contribution is -1.82. The van der Waals surface area contributed by atoms with Crippen molar-refractivity contribution in [3.8, 4) is 29.0 Å². The van der Waals surface area contributed by atoms with Crippen molar-refractivity contribution in [1.29, 1.82) is 10.5 Å². The first-order valence-electron chi connectivity index (χ1n) is 5.85. The predicted molar refractivity (Wildman–Crippen MR) is 82.8 cm³/mol. The topological polar surface area (TPSA) is 67.8 Å². The van der Waals surface area contributed by atoms with Gasteiger partial charge in [0.25, 0.3) is 0 Å². The fraction of sp³-hybridized carbons (Fsp3) is 0. The van der Waals surface area contributed by atoms with Crippen LogP contribution in [0.3, 0.4) is 0 Å². The molecule has 0 heterocycles. The van der Waals surface area contributed by atoms with Crippen LogP contribution < -0.4 is 0 Å². The van der Waals surface area contributed by atoms with Gasteiger partial charge in [0.15, 0.2) is 0 Å². The SMILES string of the molecule is N#CC(C#N)=Cc1ccc(-c2cc(Cl)cc(Cl)c2)cc1O. The molecule has 102 valence electrons. The van der Waals surface area contributed by atoms with E-state index in [2.05, 4.69) is 0 Å². The molecule has 0 radical (unpaired) electrons. The van der Waals surface area contributed by atoms with Gasteiger partial charge in [-0.3, -0.25) is 0 Å². The van der Waals surface area contributed by atoms with Crippen molar-refractivity contribution in [2.75, 3.05) is 0 Å². The molecule has 2 aromatic rings. The second-order valence-corrected chi connectivity index (χ2v) is 5.09. The minimum absolute atomic E-state index is 0.0356. The largest absolute Gasteiger partial charge is 0.507 e. The minimum Gasteiger partial charge on any atom is -0.507 e. The molecule has 21 heavy (non-hydrogen) atoms. The van der Waals surface area contributed by atoms with Crippen molar-refractivity contribution in [2.24, 2.45) is 0 Å². The Bertz CT molecular complexity index is 778. The average Bonchev–Trinajstić information content (AvgIpc) is 2.45. The second-order valence-electron chi connectivity index (χ2n) is 4.21. The van der Waals surface area contributed by atoms with E-state index in [4.69, 9.17) is 33.7 Å². The molecule has 2 rings (SSSR count). The molecule has 0 saturated heterocycles. The number of rotatable bonds is 2. The molecule has 0 amide bonds. The van der Waals surface area contributed by atoms with Crippen LogP contribution in [0, 0.1) is 22.7 Å². The van der Waals surface area contributed by atoms with Gasteiger partial charge < -0.3 is 5.11 Å². The van der Waals surface area contributed by atoms with Gasteiger partial charge in [0, 0.05) is 15.6 Å². The third kappa shape index (κ3) is 3.55. The van der Waals surface area contributed by atoms with Gasteiger partial charge in [-0.2, -0.15) is 10.5 Å². The molecule has 5 heteroatoms. The predicted octanol–water partition coefficient (Wildman–Crippen LogP) is 4.80. The van der Waals surface area contributed by atoms with Crippen molar-refractivity contribution in [2.45, 2.75) is 0 Å². The molecule has 0 spiro atoms. The van der Waals surface area contributed by atoms with E-state index in [1.54, 1.807) is 42.5 Å². The van der Waals surface area contributed by atoms with Crippen molar-refractivity contribution < 1.29 is 5.11 Å². The first-order valence-corrected chi connectivity index (χ1v) is 6.60. The van der Waals surface area contributed by atoms with E-state index in [9.17, 15) is 5.11 Å². The number of phenolic OH excluding ortho intramolecular Hbond substituents is 1. The van der Waals surface area contributed by atoms with Gasteiger partial charge in [0.1, 0.15) is 23.5 Å². The molecule has 0 aliphatic rings. The number of nitriles is 2. The highest BCUT2D eigenvalue weighted by Gasteiger charge is 2.06. The maximum absolute atomic E-state index is 10.0. The zero-order valence-electron chi connectivity index (χ0n) is 10.6. The third-order valence-electron chi connectivity index (χ3n) is 2.77. The summed E-state index contributed by atoms with van der Waals surface area (Å²) < 4.78 is 0. The lowest BCUT2D eigenvalue weighted by Gasteiger charge is -2.06. The highest BCUT2D eigenvalue weighted by atomic mass is 35.5. The minimum atomic E-state index is -0.0798. The van der Waals surface area contributed by atoms with Crippen molar-refractivity contribution in [1.82, 2.24) is 0 Å². The maximum atomic E-state index is 10.0. The second kappa shape index (κ2) is 6.33. The fourth-order valence-corrected chi connectivity index (χ4v) is 2.34. The average molecular weight is 315 g/mol. The Morgan fingerprint density at radius 1 is 0.952 bits per heavy atom. The van der Waals surface area contributed by atoms with E-state index < -0.39 is 0 Å². The van der Waals surface area contributed by atoms with Crippen LogP contribution in [0.1, 0.15) is 5.56 Å². The van der Waals surface area contributed by atoms with E-state index in [0.717, 1.165) is 11.1 Å². The van der Waals surface area contributed by atoms with Crippen LogP contribution >= 0.6 is 23.2 Å². The summed E-state index contributed by atoms with van der Waals surface area (Å²) in [6, 6.07) is 13.5. The molecule has 0 saturated carbocycles. The summed E-state index contributed by atoms with van der Waals surface area (Å²) in [5.41, 5.74) is 1.80. The Morgan fingerprint density at radius 3 is 2.10 bits per heavy atom. The Labute approximate surface area is 131 Å². The first kappa shape index (κ1) is 14.9. The molecule has 0 aliphatic carbocycles. The Balaban J connectivity index is 2.47. The summed E-state index contributed by atoms with van der Waals surface area (Å²) in [6.45, 7) is 0. The van der Waals surface area contributed by atoms with Crippen molar-refractivity contribution >= 4 is 29.3 Å². The van der Waals surface area contributed by atoms with Crippen LogP contribution in [0.2, 0.25) is 10.0 Å². The van der Waals surface area contributed by atoms with Crippen LogP contribution in [0.5, 0.6) is 5.75 Å². The normalized spacial score (nSPS) is 9.52. The Morgan fingerprint density at radius 2 is 1.57 bits per heavy atom. The summed E-state index contributed by atoms with van der Waals surface area (Å²) in [5.74, 6) is -0.0356. The summed E-state index contributed by atoms with van der Waals surface area (Å²) in [4.78, 5) is 0. The quantitative estimate of drug-likeness (QED) is 0.810. The molecular weight excluding hydrogens is 307 g/mol. The van der Waals surface area contributed by atoms with Crippen molar-refractivity contribution in [3.63, 3.8) is 0 Å². The highest BCUT2D eigenvalue weighted by molar-refractivity contribution is 6.35. The monoisotopic (exact) mass is 314 g/mol. The third-order valence-corrected chi connectivity index (χ3v) is 3.20. The number of phenols is 1. The number of nitrogens with zero attached hydrogens (tertiary/aromatic N) is 2. The lowest BCUT2D eigenvalue weighted by atomic mass is 10.0. The number of benzene rings is 2. The van der Waals surface area contributed by atoms with E-state index in [-0.39, 0.29) is 11.3 Å². The van der Waals surface area contributed by atoms with Gasteiger partial charge in [-0.1, -0.05) is 35.3 Å².